The Labute approximate surface area is 76.6 Å². The molecular formula is C9H12N2O2. The van der Waals surface area contributed by atoms with Crippen molar-refractivity contribution < 1.29 is 9.90 Å². The first kappa shape index (κ1) is 9.51. The molecule has 4 heteroatoms. The van der Waals surface area contributed by atoms with Gasteiger partial charge in [0.05, 0.1) is 6.42 Å². The average molecular weight is 180 g/mol. The van der Waals surface area contributed by atoms with Gasteiger partial charge in [0.1, 0.15) is 5.82 Å². The van der Waals surface area contributed by atoms with Gasteiger partial charge in [-0.05, 0) is 19.1 Å². The Bertz CT molecular complexity index is 299. The quantitative estimate of drug-likeness (QED) is 0.732. The standard InChI is InChI=1S/C9H12N2O2/c1-7-3-2-4-8(11-7)10-6-5-9(12)13/h2-4H,5-6H2,1H3,(H,10,11)(H,12,13). The fourth-order valence-corrected chi connectivity index (χ4v) is 0.939. The van der Waals surface area contributed by atoms with Gasteiger partial charge in [0.2, 0.25) is 0 Å². The van der Waals surface area contributed by atoms with Gasteiger partial charge in [0.25, 0.3) is 0 Å². The van der Waals surface area contributed by atoms with E-state index in [4.69, 9.17) is 5.11 Å². The highest BCUT2D eigenvalue weighted by Crippen LogP contribution is 2.03. The summed E-state index contributed by atoms with van der Waals surface area (Å²) in [5.41, 5.74) is 0.917. The molecule has 0 radical (unpaired) electrons. The minimum Gasteiger partial charge on any atom is -0.481 e. The molecule has 0 aliphatic heterocycles. The number of aliphatic carboxylic acids is 1. The molecule has 0 amide bonds. The second-order valence-corrected chi connectivity index (χ2v) is 2.73. The molecule has 0 unspecified atom stereocenters. The normalized spacial score (nSPS) is 9.62. The molecule has 0 aromatic carbocycles. The second kappa shape index (κ2) is 4.45. The lowest BCUT2D eigenvalue weighted by Crippen LogP contribution is -2.08. The SMILES string of the molecule is Cc1cccc(NCCC(=O)O)n1. The Hall–Kier alpha value is -1.58. The maximum absolute atomic E-state index is 10.2. The number of aryl methyl sites for hydroxylation is 1. The molecule has 4 nitrogen and oxygen atoms in total. The minimum absolute atomic E-state index is 0.107. The van der Waals surface area contributed by atoms with Crippen molar-refractivity contribution in [3.8, 4) is 0 Å². The van der Waals surface area contributed by atoms with Crippen LogP contribution in [0.3, 0.4) is 0 Å². The van der Waals surface area contributed by atoms with E-state index >= 15 is 0 Å². The summed E-state index contributed by atoms with van der Waals surface area (Å²) in [6, 6.07) is 5.59. The lowest BCUT2D eigenvalue weighted by molar-refractivity contribution is -0.136. The van der Waals surface area contributed by atoms with Gasteiger partial charge >= 0.3 is 5.97 Å². The van der Waals surface area contributed by atoms with Gasteiger partial charge in [-0.15, -0.1) is 0 Å². The zero-order valence-electron chi connectivity index (χ0n) is 7.45. The maximum atomic E-state index is 10.2. The van der Waals surface area contributed by atoms with Crippen molar-refractivity contribution in [1.82, 2.24) is 4.98 Å². The monoisotopic (exact) mass is 180 g/mol. The van der Waals surface area contributed by atoms with E-state index in [-0.39, 0.29) is 6.42 Å². The van der Waals surface area contributed by atoms with Gasteiger partial charge < -0.3 is 10.4 Å². The van der Waals surface area contributed by atoms with E-state index in [2.05, 4.69) is 10.3 Å². The van der Waals surface area contributed by atoms with Gasteiger partial charge in [0, 0.05) is 12.2 Å². The molecule has 0 bridgehead atoms. The predicted molar refractivity (Wildman–Crippen MR) is 49.7 cm³/mol. The van der Waals surface area contributed by atoms with Crippen LogP contribution in [-0.4, -0.2) is 22.6 Å². The average Bonchev–Trinajstić information content (AvgIpc) is 2.03. The first-order valence-electron chi connectivity index (χ1n) is 4.08. The third-order valence-corrected chi connectivity index (χ3v) is 1.53. The van der Waals surface area contributed by atoms with Gasteiger partial charge in [-0.1, -0.05) is 6.07 Å². The van der Waals surface area contributed by atoms with E-state index in [0.717, 1.165) is 11.5 Å². The van der Waals surface area contributed by atoms with Crippen LogP contribution in [-0.2, 0) is 4.79 Å². The summed E-state index contributed by atoms with van der Waals surface area (Å²) < 4.78 is 0. The number of hydrogen-bond donors (Lipinski definition) is 2. The molecule has 0 saturated carbocycles. The summed E-state index contributed by atoms with van der Waals surface area (Å²) in [7, 11) is 0. The van der Waals surface area contributed by atoms with Crippen molar-refractivity contribution in [2.24, 2.45) is 0 Å². The van der Waals surface area contributed by atoms with E-state index in [1.165, 1.54) is 0 Å². The van der Waals surface area contributed by atoms with Crippen LogP contribution in [0.2, 0.25) is 0 Å². The molecule has 2 N–H and O–H groups in total. The largest absolute Gasteiger partial charge is 0.481 e. The van der Waals surface area contributed by atoms with E-state index in [9.17, 15) is 4.79 Å². The number of carbonyl (C=O) groups is 1. The summed E-state index contributed by atoms with van der Waals surface area (Å²) in [5, 5.41) is 11.3. The lowest BCUT2D eigenvalue weighted by atomic mass is 10.3. The highest BCUT2D eigenvalue weighted by Gasteiger charge is 1.96. The first-order valence-corrected chi connectivity index (χ1v) is 4.08. The lowest BCUT2D eigenvalue weighted by Gasteiger charge is -2.03. The molecule has 0 spiro atoms. The fraction of sp³-hybridized carbons (Fsp3) is 0.333. The highest BCUT2D eigenvalue weighted by atomic mass is 16.4. The Kier molecular flexibility index (Phi) is 3.25. The van der Waals surface area contributed by atoms with Crippen LogP contribution in [0.25, 0.3) is 0 Å². The van der Waals surface area contributed by atoms with Crippen molar-refractivity contribution in [2.45, 2.75) is 13.3 Å². The van der Waals surface area contributed by atoms with Crippen LogP contribution in [0, 0.1) is 6.92 Å². The van der Waals surface area contributed by atoms with Crippen molar-refractivity contribution in [2.75, 3.05) is 11.9 Å². The van der Waals surface area contributed by atoms with Crippen molar-refractivity contribution in [1.29, 1.82) is 0 Å². The smallest absolute Gasteiger partial charge is 0.305 e. The van der Waals surface area contributed by atoms with Gasteiger partial charge in [-0.25, -0.2) is 4.98 Å². The molecule has 0 saturated heterocycles. The van der Waals surface area contributed by atoms with Gasteiger partial charge in [-0.2, -0.15) is 0 Å². The molecule has 0 fully saturated rings. The van der Waals surface area contributed by atoms with Gasteiger partial charge in [0.15, 0.2) is 0 Å². The number of nitrogens with zero attached hydrogens (tertiary/aromatic N) is 1. The molecule has 1 aromatic rings. The minimum atomic E-state index is -0.805. The van der Waals surface area contributed by atoms with E-state index < -0.39 is 5.97 Å². The van der Waals surface area contributed by atoms with E-state index in [1.54, 1.807) is 0 Å². The van der Waals surface area contributed by atoms with Gasteiger partial charge in [-0.3, -0.25) is 4.79 Å². The third-order valence-electron chi connectivity index (χ3n) is 1.53. The molecule has 1 rings (SSSR count). The highest BCUT2D eigenvalue weighted by molar-refractivity contribution is 5.67. The number of hydrogen-bond acceptors (Lipinski definition) is 3. The number of aromatic nitrogens is 1. The number of pyridine rings is 1. The molecule has 1 aromatic heterocycles. The van der Waals surface area contributed by atoms with Crippen LogP contribution in [0.15, 0.2) is 18.2 Å². The number of carboxylic acid groups (broad SMARTS) is 1. The molecule has 13 heavy (non-hydrogen) atoms. The molecule has 70 valence electrons. The number of nitrogens with one attached hydrogen (secondary N) is 1. The first-order chi connectivity index (χ1) is 6.18. The van der Waals surface area contributed by atoms with Crippen molar-refractivity contribution in [3.05, 3.63) is 23.9 Å². The Morgan fingerprint density at radius 2 is 2.38 bits per heavy atom. The molecule has 0 aliphatic rings. The van der Waals surface area contributed by atoms with E-state index in [0.29, 0.717) is 6.54 Å². The molecule has 1 heterocycles. The molecular weight excluding hydrogens is 168 g/mol. The molecule has 0 atom stereocenters. The summed E-state index contributed by atoms with van der Waals surface area (Å²) in [6.07, 6.45) is 0.107. The topological polar surface area (TPSA) is 62.2 Å². The summed E-state index contributed by atoms with van der Waals surface area (Å²) in [5.74, 6) is -0.0820. The number of rotatable bonds is 4. The van der Waals surface area contributed by atoms with Crippen LogP contribution in [0.1, 0.15) is 12.1 Å². The third kappa shape index (κ3) is 3.55. The van der Waals surface area contributed by atoms with Crippen molar-refractivity contribution >= 4 is 11.8 Å². The fourth-order valence-electron chi connectivity index (χ4n) is 0.939. The maximum Gasteiger partial charge on any atom is 0.305 e. The second-order valence-electron chi connectivity index (χ2n) is 2.73. The zero-order valence-corrected chi connectivity index (χ0v) is 7.45. The van der Waals surface area contributed by atoms with E-state index in [1.807, 2.05) is 25.1 Å². The Morgan fingerprint density at radius 3 is 3.00 bits per heavy atom. The van der Waals surface area contributed by atoms with Crippen LogP contribution < -0.4 is 5.32 Å². The number of anilines is 1. The Balaban J connectivity index is 2.41. The van der Waals surface area contributed by atoms with Crippen molar-refractivity contribution in [3.63, 3.8) is 0 Å². The van der Waals surface area contributed by atoms with Crippen LogP contribution >= 0.6 is 0 Å². The summed E-state index contributed by atoms with van der Waals surface area (Å²) >= 11 is 0. The number of carboxylic acids is 1. The van der Waals surface area contributed by atoms with Crippen LogP contribution in [0.4, 0.5) is 5.82 Å². The zero-order chi connectivity index (χ0) is 9.68. The Morgan fingerprint density at radius 1 is 1.62 bits per heavy atom. The molecule has 0 aliphatic carbocycles. The van der Waals surface area contributed by atoms with Crippen LogP contribution in [0.5, 0.6) is 0 Å². The summed E-state index contributed by atoms with van der Waals surface area (Å²) in [4.78, 5) is 14.4. The summed E-state index contributed by atoms with van der Waals surface area (Å²) in [6.45, 7) is 2.30. The predicted octanol–water partition coefficient (Wildman–Crippen LogP) is 1.28.